The molecule has 1 heterocycles. The van der Waals surface area contributed by atoms with Gasteiger partial charge in [-0.2, -0.15) is 0 Å². The molecular weight excluding hydrogens is 514 g/mol. The van der Waals surface area contributed by atoms with Crippen LogP contribution in [0.15, 0.2) is 64.9 Å². The number of thioether (sulfide) groups is 1. The molecule has 0 fully saturated rings. The molecule has 2 unspecified atom stereocenters. The summed E-state index contributed by atoms with van der Waals surface area (Å²) in [6.45, 7) is 12.6. The summed E-state index contributed by atoms with van der Waals surface area (Å²) in [5.74, 6) is 0.155. The van der Waals surface area contributed by atoms with Crippen LogP contribution in [0.2, 0.25) is 0 Å². The number of sulfone groups is 1. The number of nitrogens with two attached hydrogens (primary N) is 1. The summed E-state index contributed by atoms with van der Waals surface area (Å²) in [7, 11) is -3.56. The van der Waals surface area contributed by atoms with Crippen molar-refractivity contribution in [2.45, 2.75) is 90.7 Å². The molecule has 38 heavy (non-hydrogen) atoms. The molecule has 0 aromatic carbocycles. The van der Waals surface area contributed by atoms with E-state index >= 15 is 0 Å². The topological polar surface area (TPSA) is 102 Å². The molecule has 0 radical (unpaired) electrons. The van der Waals surface area contributed by atoms with E-state index in [1.54, 1.807) is 12.3 Å². The molecule has 8 heteroatoms. The molecule has 0 aliphatic heterocycles. The first-order valence-electron chi connectivity index (χ1n) is 13.2. The first kappa shape index (κ1) is 33.7. The molecule has 3 N–H and O–H groups in total. The third-order valence-electron chi connectivity index (χ3n) is 6.06. The molecule has 212 valence electrons. The Bertz CT molecular complexity index is 1110. The maximum Gasteiger partial charge on any atom is 0.242 e. The number of primary amides is 1. The summed E-state index contributed by atoms with van der Waals surface area (Å²) in [5.41, 5.74) is 11.9. The van der Waals surface area contributed by atoms with Crippen LogP contribution in [0.4, 0.5) is 5.82 Å². The van der Waals surface area contributed by atoms with Crippen LogP contribution in [0, 0.1) is 6.92 Å². The van der Waals surface area contributed by atoms with E-state index in [0.29, 0.717) is 11.6 Å². The van der Waals surface area contributed by atoms with Crippen molar-refractivity contribution in [2.24, 2.45) is 5.73 Å². The van der Waals surface area contributed by atoms with Gasteiger partial charge in [0.1, 0.15) is 16.4 Å². The summed E-state index contributed by atoms with van der Waals surface area (Å²) in [6.07, 6.45) is 17.9. The van der Waals surface area contributed by atoms with Gasteiger partial charge in [-0.15, -0.1) is 11.8 Å². The van der Waals surface area contributed by atoms with Gasteiger partial charge in [-0.1, -0.05) is 52.7 Å². The van der Waals surface area contributed by atoms with Gasteiger partial charge in [0.25, 0.3) is 0 Å². The van der Waals surface area contributed by atoms with E-state index in [-0.39, 0.29) is 0 Å². The Morgan fingerprint density at radius 1 is 0.947 bits per heavy atom. The standard InChI is InChI=1S/C30H47N3O3S2/c1-22(2)11-8-12-23(3)13-9-14-24(4)15-10-16-25(5)19-20-37-30(38(7,35)36)28(29(31)34)33-27-18-17-26(6)21-32-27/h11,13,15,17-19,21,28,30H,8-10,12,14,16,20H2,1-7H3,(H2,31,34)(H,32,33). The minimum Gasteiger partial charge on any atom is -0.368 e. The van der Waals surface area contributed by atoms with Crippen molar-refractivity contribution in [3.8, 4) is 0 Å². The predicted octanol–water partition coefficient (Wildman–Crippen LogP) is 6.91. The lowest BCUT2D eigenvalue weighted by Crippen LogP contribution is -2.46. The molecule has 2 atom stereocenters. The molecule has 6 nitrogen and oxygen atoms in total. The number of hydrogen-bond donors (Lipinski definition) is 2. The first-order chi connectivity index (χ1) is 17.8. The van der Waals surface area contributed by atoms with Gasteiger partial charge in [0.15, 0.2) is 9.84 Å². The second-order valence-corrected chi connectivity index (χ2v) is 14.0. The van der Waals surface area contributed by atoms with Gasteiger partial charge >= 0.3 is 0 Å². The number of anilines is 1. The Kier molecular flexibility index (Phi) is 15.3. The molecule has 1 aromatic heterocycles. The van der Waals surface area contributed by atoms with E-state index in [2.05, 4.69) is 63.1 Å². The van der Waals surface area contributed by atoms with Crippen molar-refractivity contribution >= 4 is 33.3 Å². The zero-order valence-electron chi connectivity index (χ0n) is 24.2. The van der Waals surface area contributed by atoms with E-state index in [1.807, 2.05) is 19.1 Å². The second-order valence-electron chi connectivity index (χ2n) is 10.3. The van der Waals surface area contributed by atoms with Crippen LogP contribution in [0.5, 0.6) is 0 Å². The van der Waals surface area contributed by atoms with Crippen LogP contribution in [0.3, 0.4) is 0 Å². The average Bonchev–Trinajstić information content (AvgIpc) is 2.80. The van der Waals surface area contributed by atoms with Crippen LogP contribution in [0.1, 0.15) is 78.7 Å². The van der Waals surface area contributed by atoms with Gasteiger partial charge < -0.3 is 11.1 Å². The maximum atomic E-state index is 12.5. The summed E-state index contributed by atoms with van der Waals surface area (Å²) in [4.78, 5) is 16.4. The Hall–Kier alpha value is -2.32. The fraction of sp³-hybridized carbons (Fsp3) is 0.533. The Labute approximate surface area is 235 Å². The highest BCUT2D eigenvalue weighted by molar-refractivity contribution is 8.13. The Morgan fingerprint density at radius 3 is 1.92 bits per heavy atom. The number of pyridine rings is 1. The van der Waals surface area contributed by atoms with Gasteiger partial charge in [0.05, 0.1) is 0 Å². The molecule has 0 spiro atoms. The lowest BCUT2D eigenvalue weighted by atomic mass is 10.0. The van der Waals surface area contributed by atoms with E-state index < -0.39 is 26.4 Å². The van der Waals surface area contributed by atoms with E-state index in [1.165, 1.54) is 34.1 Å². The first-order valence-corrected chi connectivity index (χ1v) is 16.2. The molecule has 1 amide bonds. The second kappa shape index (κ2) is 17.3. The fourth-order valence-corrected chi connectivity index (χ4v) is 6.61. The van der Waals surface area contributed by atoms with Crippen LogP contribution in [0.25, 0.3) is 0 Å². The molecule has 1 rings (SSSR count). The lowest BCUT2D eigenvalue weighted by Gasteiger charge is -2.24. The molecule has 0 bridgehead atoms. The maximum absolute atomic E-state index is 12.5. The fourth-order valence-electron chi connectivity index (χ4n) is 3.73. The SMILES string of the molecule is CC(C)=CCCC(C)=CCCC(C)=CCCC(C)=CCSC(C(Nc1ccc(C)cn1)C(N)=O)S(C)(=O)=O. The van der Waals surface area contributed by atoms with Crippen molar-refractivity contribution < 1.29 is 13.2 Å². The number of amides is 1. The van der Waals surface area contributed by atoms with Gasteiger partial charge in [-0.05, 0) is 91.7 Å². The van der Waals surface area contributed by atoms with Gasteiger partial charge in [0.2, 0.25) is 5.91 Å². The molecule has 0 aliphatic carbocycles. The predicted molar refractivity (Wildman–Crippen MR) is 165 cm³/mol. The number of aromatic nitrogens is 1. The molecule has 0 aliphatic rings. The minimum atomic E-state index is -3.56. The number of nitrogens with one attached hydrogen (secondary N) is 1. The lowest BCUT2D eigenvalue weighted by molar-refractivity contribution is -0.118. The summed E-state index contributed by atoms with van der Waals surface area (Å²) in [5, 5.41) is 2.91. The normalized spacial score (nSPS) is 14.7. The van der Waals surface area contributed by atoms with Gasteiger partial charge in [-0.3, -0.25) is 4.79 Å². The van der Waals surface area contributed by atoms with Crippen molar-refractivity contribution in [3.63, 3.8) is 0 Å². The van der Waals surface area contributed by atoms with E-state index in [4.69, 9.17) is 5.73 Å². The molecule has 1 aromatic rings. The van der Waals surface area contributed by atoms with E-state index in [0.717, 1.165) is 50.3 Å². The van der Waals surface area contributed by atoms with Crippen LogP contribution >= 0.6 is 11.8 Å². The van der Waals surface area contributed by atoms with Crippen LogP contribution in [-0.2, 0) is 14.6 Å². The smallest absolute Gasteiger partial charge is 0.242 e. The number of aryl methyl sites for hydroxylation is 1. The summed E-state index contributed by atoms with van der Waals surface area (Å²) in [6, 6.07) is 2.45. The third-order valence-corrected chi connectivity index (χ3v) is 9.59. The highest BCUT2D eigenvalue weighted by atomic mass is 32.3. The highest BCUT2D eigenvalue weighted by Crippen LogP contribution is 2.24. The zero-order valence-corrected chi connectivity index (χ0v) is 25.8. The van der Waals surface area contributed by atoms with Crippen molar-refractivity contribution in [1.82, 2.24) is 4.98 Å². The third kappa shape index (κ3) is 14.6. The van der Waals surface area contributed by atoms with Crippen molar-refractivity contribution in [2.75, 3.05) is 17.3 Å². The number of hydrogen-bond acceptors (Lipinski definition) is 6. The number of carbonyl (C=O) groups is 1. The zero-order chi connectivity index (χ0) is 28.7. The summed E-state index contributed by atoms with van der Waals surface area (Å²) < 4.78 is 24.0. The number of allylic oxidation sites excluding steroid dienone is 7. The van der Waals surface area contributed by atoms with Crippen LogP contribution in [-0.4, -0.2) is 41.9 Å². The quantitative estimate of drug-likeness (QED) is 0.201. The van der Waals surface area contributed by atoms with E-state index in [9.17, 15) is 13.2 Å². The highest BCUT2D eigenvalue weighted by Gasteiger charge is 2.35. The van der Waals surface area contributed by atoms with Crippen molar-refractivity contribution in [3.05, 3.63) is 70.5 Å². The Balaban J connectivity index is 2.61. The molecule has 0 saturated heterocycles. The Morgan fingerprint density at radius 2 is 1.47 bits per heavy atom. The van der Waals surface area contributed by atoms with Gasteiger partial charge in [-0.25, -0.2) is 13.4 Å². The molecular formula is C30H47N3O3S2. The van der Waals surface area contributed by atoms with Crippen LogP contribution < -0.4 is 11.1 Å². The monoisotopic (exact) mass is 561 g/mol. The largest absolute Gasteiger partial charge is 0.368 e. The number of carbonyl (C=O) groups excluding carboxylic acids is 1. The number of nitrogens with zero attached hydrogens (tertiary/aromatic N) is 1. The summed E-state index contributed by atoms with van der Waals surface area (Å²) >= 11 is 1.20. The van der Waals surface area contributed by atoms with Crippen molar-refractivity contribution in [1.29, 1.82) is 0 Å². The number of rotatable bonds is 17. The molecule has 0 saturated carbocycles. The van der Waals surface area contributed by atoms with Gasteiger partial charge in [0, 0.05) is 18.2 Å². The minimum absolute atomic E-state index is 0.414. The average molecular weight is 562 g/mol.